The molecule has 0 aliphatic rings. The standard InChI is InChI=1S/C54H46F2N3O2.Pt/c1-31(2)42-14-11-15-43(32(3)4)51(42)59-48-29-36(35-25-40(55)30-41(56)26-35)27-46(50(48)58-53(59)45-16-17-49-44(52(45)60)19-21-61-49)37-22-38(24-39(23-37)54(5,6)7)47-28-34(18-20-57-47)33-12-9-8-10-13-33;/h8-21,23-32,60H,1-7H3;/q-1;. The molecule has 9 aromatic rings. The first-order chi connectivity index (χ1) is 29.2. The Bertz CT molecular complexity index is 3080. The van der Waals surface area contributed by atoms with Gasteiger partial charge in [-0.3, -0.25) is 9.55 Å². The van der Waals surface area contributed by atoms with E-state index in [4.69, 9.17) is 14.4 Å². The number of benzene rings is 6. The Morgan fingerprint density at radius 2 is 1.35 bits per heavy atom. The summed E-state index contributed by atoms with van der Waals surface area (Å²) in [6.07, 6.45) is 3.38. The van der Waals surface area contributed by atoms with Crippen molar-refractivity contribution in [2.24, 2.45) is 0 Å². The molecule has 0 bridgehead atoms. The van der Waals surface area contributed by atoms with Gasteiger partial charge >= 0.3 is 0 Å². The van der Waals surface area contributed by atoms with Crippen LogP contribution >= 0.6 is 0 Å². The Balaban J connectivity index is 0.00000529. The maximum absolute atomic E-state index is 15.1. The number of hydrogen-bond acceptors (Lipinski definition) is 4. The first-order valence-electron chi connectivity index (χ1n) is 20.7. The Kier molecular flexibility index (Phi) is 11.4. The number of furan rings is 1. The van der Waals surface area contributed by atoms with E-state index in [1.54, 1.807) is 12.3 Å². The number of aromatic hydroxyl groups is 1. The molecule has 0 saturated heterocycles. The van der Waals surface area contributed by atoms with Crippen molar-refractivity contribution in [1.82, 2.24) is 14.5 Å². The molecule has 0 unspecified atom stereocenters. The number of hydrogen-bond donors (Lipinski definition) is 1. The van der Waals surface area contributed by atoms with Crippen LogP contribution in [-0.4, -0.2) is 19.6 Å². The van der Waals surface area contributed by atoms with E-state index in [2.05, 4.69) is 108 Å². The van der Waals surface area contributed by atoms with Crippen molar-refractivity contribution < 1.29 is 39.4 Å². The van der Waals surface area contributed by atoms with Crippen molar-refractivity contribution in [2.75, 3.05) is 0 Å². The van der Waals surface area contributed by atoms with Gasteiger partial charge in [-0.25, -0.2) is 13.8 Å². The molecule has 3 aromatic heterocycles. The number of aromatic nitrogens is 3. The van der Waals surface area contributed by atoms with E-state index in [0.717, 1.165) is 56.4 Å². The minimum absolute atomic E-state index is 0. The summed E-state index contributed by atoms with van der Waals surface area (Å²) < 4.78 is 38.1. The molecular formula is C54H46F2N3O2Pt-. The van der Waals surface area contributed by atoms with Crippen LogP contribution in [0, 0.1) is 17.7 Å². The molecule has 0 spiro atoms. The Morgan fingerprint density at radius 3 is 2.03 bits per heavy atom. The molecular weight excluding hydrogens is 956 g/mol. The van der Waals surface area contributed by atoms with Crippen LogP contribution < -0.4 is 0 Å². The van der Waals surface area contributed by atoms with E-state index < -0.39 is 11.6 Å². The predicted octanol–water partition coefficient (Wildman–Crippen LogP) is 14.8. The summed E-state index contributed by atoms with van der Waals surface area (Å²) >= 11 is 0. The maximum atomic E-state index is 15.1. The van der Waals surface area contributed by atoms with Crippen molar-refractivity contribution >= 4 is 22.0 Å². The van der Waals surface area contributed by atoms with Crippen LogP contribution in [0.5, 0.6) is 5.75 Å². The molecule has 0 amide bonds. The quantitative estimate of drug-likeness (QED) is 0.154. The Labute approximate surface area is 375 Å². The van der Waals surface area contributed by atoms with Crippen LogP contribution in [0.2, 0.25) is 0 Å². The zero-order valence-corrected chi connectivity index (χ0v) is 37.9. The Hall–Kier alpha value is -6.17. The van der Waals surface area contributed by atoms with Crippen LogP contribution in [0.4, 0.5) is 8.78 Å². The van der Waals surface area contributed by atoms with E-state index in [1.165, 1.54) is 12.1 Å². The molecule has 9 rings (SSSR count). The van der Waals surface area contributed by atoms with Crippen LogP contribution in [0.25, 0.3) is 83.7 Å². The molecule has 0 saturated carbocycles. The van der Waals surface area contributed by atoms with Gasteiger partial charge in [-0.2, -0.15) is 0 Å². The number of phenolic OH excluding ortho intramolecular Hbond substituents is 1. The maximum Gasteiger partial charge on any atom is 0.148 e. The first kappa shape index (κ1) is 42.5. The average Bonchev–Trinajstić information content (AvgIpc) is 3.88. The molecule has 5 nitrogen and oxygen atoms in total. The average molecular weight is 1000 g/mol. The fraction of sp³-hybridized carbons (Fsp3) is 0.185. The van der Waals surface area contributed by atoms with Gasteiger partial charge in [0.15, 0.2) is 0 Å². The number of nitrogens with zero attached hydrogens (tertiary/aromatic N) is 3. The molecule has 1 N–H and O–H groups in total. The van der Waals surface area contributed by atoms with Gasteiger partial charge in [0.1, 0.15) is 28.8 Å². The third-order valence-electron chi connectivity index (χ3n) is 11.5. The summed E-state index contributed by atoms with van der Waals surface area (Å²) in [5.74, 6) is -0.574. The second-order valence-corrected chi connectivity index (χ2v) is 17.5. The number of pyridine rings is 1. The largest absolute Gasteiger partial charge is 0.506 e. The third-order valence-corrected chi connectivity index (χ3v) is 11.5. The van der Waals surface area contributed by atoms with E-state index >= 15 is 8.78 Å². The summed E-state index contributed by atoms with van der Waals surface area (Å²) in [6, 6.07) is 41.6. The molecule has 0 aliphatic carbocycles. The van der Waals surface area contributed by atoms with Crippen molar-refractivity contribution in [3.63, 3.8) is 0 Å². The normalized spacial score (nSPS) is 11.9. The SMILES string of the molecule is CC(C)c1cccc(C(C)C)c1-n1c(-c2ccc3occc3c2O)nc2c(-c3[c-]c(-c4cc(-c5ccccc5)ccn4)cc(C(C)(C)C)c3)cc(-c3cc(F)cc(F)c3)cc21.[Pt]. The van der Waals surface area contributed by atoms with Crippen LogP contribution in [0.15, 0.2) is 138 Å². The molecule has 0 atom stereocenters. The van der Waals surface area contributed by atoms with Gasteiger partial charge in [0.2, 0.25) is 0 Å². The fourth-order valence-corrected chi connectivity index (χ4v) is 8.33. The second kappa shape index (κ2) is 16.6. The van der Waals surface area contributed by atoms with E-state index in [1.807, 2.05) is 54.7 Å². The van der Waals surface area contributed by atoms with Crippen molar-refractivity contribution in [3.8, 4) is 67.5 Å². The summed E-state index contributed by atoms with van der Waals surface area (Å²) in [5, 5.41) is 12.6. The molecule has 0 radical (unpaired) electrons. The Morgan fingerprint density at radius 1 is 0.677 bits per heavy atom. The first-order valence-corrected chi connectivity index (χ1v) is 20.7. The molecule has 6 aromatic carbocycles. The molecule has 8 heteroatoms. The smallest absolute Gasteiger partial charge is 0.148 e. The van der Waals surface area contributed by atoms with Gasteiger partial charge in [-0.15, -0.1) is 29.3 Å². The monoisotopic (exact) mass is 1000 g/mol. The molecule has 62 heavy (non-hydrogen) atoms. The van der Waals surface area contributed by atoms with Gasteiger partial charge in [0.05, 0.1) is 33.9 Å². The van der Waals surface area contributed by atoms with Crippen LogP contribution in [-0.2, 0) is 26.5 Å². The van der Waals surface area contributed by atoms with Gasteiger partial charge in [-0.05, 0) is 93.1 Å². The number of halogens is 2. The second-order valence-electron chi connectivity index (χ2n) is 17.5. The van der Waals surface area contributed by atoms with Gasteiger partial charge in [0, 0.05) is 39.0 Å². The van der Waals surface area contributed by atoms with Crippen LogP contribution in [0.3, 0.4) is 0 Å². The number of phenols is 1. The van der Waals surface area contributed by atoms with Gasteiger partial charge < -0.3 is 9.52 Å². The summed E-state index contributed by atoms with van der Waals surface area (Å²) in [4.78, 5) is 10.3. The zero-order valence-electron chi connectivity index (χ0n) is 35.6. The fourth-order valence-electron chi connectivity index (χ4n) is 8.33. The van der Waals surface area contributed by atoms with Crippen molar-refractivity contribution in [3.05, 3.63) is 168 Å². The predicted molar refractivity (Wildman–Crippen MR) is 243 cm³/mol. The topological polar surface area (TPSA) is 64.1 Å². The minimum Gasteiger partial charge on any atom is -0.506 e. The van der Waals surface area contributed by atoms with E-state index in [-0.39, 0.29) is 44.1 Å². The van der Waals surface area contributed by atoms with Crippen molar-refractivity contribution in [1.29, 1.82) is 0 Å². The molecule has 314 valence electrons. The van der Waals surface area contributed by atoms with E-state index in [0.29, 0.717) is 50.1 Å². The third kappa shape index (κ3) is 7.79. The summed E-state index contributed by atoms with van der Waals surface area (Å²) in [6.45, 7) is 15.2. The molecule has 0 aliphatic heterocycles. The number of para-hydroxylation sites is 1. The van der Waals surface area contributed by atoms with Gasteiger partial charge in [0.25, 0.3) is 0 Å². The van der Waals surface area contributed by atoms with Gasteiger partial charge in [-0.1, -0.05) is 120 Å². The summed E-state index contributed by atoms with van der Waals surface area (Å²) in [7, 11) is 0. The summed E-state index contributed by atoms with van der Waals surface area (Å²) in [5.41, 5.74) is 12.4. The molecule has 3 heterocycles. The number of rotatable bonds is 8. The minimum atomic E-state index is -0.677. The van der Waals surface area contributed by atoms with E-state index in [9.17, 15) is 5.11 Å². The van der Waals surface area contributed by atoms with Crippen molar-refractivity contribution in [2.45, 2.75) is 65.7 Å². The zero-order chi connectivity index (χ0) is 42.7. The molecule has 0 fully saturated rings. The number of fused-ring (bicyclic) bond motifs is 2. The number of imidazole rings is 1. The van der Waals surface area contributed by atoms with Crippen LogP contribution in [0.1, 0.15) is 77.0 Å².